The average Bonchev–Trinajstić information content (AvgIpc) is 2.81. The predicted molar refractivity (Wildman–Crippen MR) is 123 cm³/mol. The molecule has 3 rings (SSSR count). The number of amides is 1. The van der Waals surface area contributed by atoms with Crippen LogP contribution in [0, 0.1) is 0 Å². The second-order valence-corrected chi connectivity index (χ2v) is 8.85. The highest BCUT2D eigenvalue weighted by atomic mass is 32.2. The third-order valence-corrected chi connectivity index (χ3v) is 5.72. The maximum Gasteiger partial charge on any atom is 0.416 e. The molecule has 0 bridgehead atoms. The molecule has 0 aliphatic rings. The van der Waals surface area contributed by atoms with Gasteiger partial charge in [0.1, 0.15) is 0 Å². The Labute approximate surface area is 194 Å². The number of hydrogen-bond acceptors (Lipinski definition) is 4. The fraction of sp³-hybridized carbons (Fsp3) is 0.125. The summed E-state index contributed by atoms with van der Waals surface area (Å²) in [5.41, 5.74) is 0.250. The largest absolute Gasteiger partial charge is 0.416 e. The van der Waals surface area contributed by atoms with Crippen LogP contribution >= 0.6 is 0 Å². The molecule has 1 atom stereocenters. The molecule has 6 nitrogen and oxygen atoms in total. The molecule has 3 aromatic carbocycles. The molecule has 1 unspecified atom stereocenters. The van der Waals surface area contributed by atoms with Gasteiger partial charge in [-0.05, 0) is 53.6 Å². The van der Waals surface area contributed by atoms with Gasteiger partial charge in [-0.15, -0.1) is 0 Å². The van der Waals surface area contributed by atoms with Crippen molar-refractivity contribution in [2.24, 2.45) is 0 Å². The Morgan fingerprint density at radius 1 is 0.971 bits per heavy atom. The van der Waals surface area contributed by atoms with E-state index >= 15 is 0 Å². The molecule has 0 heterocycles. The Hall–Kier alpha value is -3.63. The Balaban J connectivity index is 1.57. The van der Waals surface area contributed by atoms with Crippen molar-refractivity contribution in [3.05, 3.63) is 107 Å². The number of nitrogens with one attached hydrogen (secondary N) is 2. The van der Waals surface area contributed by atoms with Crippen LogP contribution in [0.4, 0.5) is 18.9 Å². The molecule has 10 heteroatoms. The fourth-order valence-corrected chi connectivity index (χ4v) is 3.82. The Bertz CT molecular complexity index is 1260. The number of aliphatic hydroxyl groups excluding tert-OH is 1. The average molecular weight is 491 g/mol. The molecule has 0 spiro atoms. The first-order chi connectivity index (χ1) is 16.0. The van der Waals surface area contributed by atoms with Gasteiger partial charge >= 0.3 is 6.18 Å². The number of hydrogen-bond donors (Lipinski definition) is 3. The molecule has 0 saturated heterocycles. The maximum absolute atomic E-state index is 12.8. The van der Waals surface area contributed by atoms with Crippen molar-refractivity contribution in [1.82, 2.24) is 5.32 Å². The van der Waals surface area contributed by atoms with Crippen LogP contribution in [0.15, 0.2) is 84.3 Å². The van der Waals surface area contributed by atoms with Crippen LogP contribution in [-0.4, -0.2) is 26.0 Å². The first-order valence-electron chi connectivity index (χ1n) is 10.0. The molecule has 178 valence electrons. The summed E-state index contributed by atoms with van der Waals surface area (Å²) in [7, 11) is -3.78. The second kappa shape index (κ2) is 10.5. The summed E-state index contributed by atoms with van der Waals surface area (Å²) >= 11 is 0. The van der Waals surface area contributed by atoms with Crippen LogP contribution in [0.3, 0.4) is 0 Å². The van der Waals surface area contributed by atoms with Gasteiger partial charge in [0, 0.05) is 17.8 Å². The van der Waals surface area contributed by atoms with Gasteiger partial charge in [-0.1, -0.05) is 42.5 Å². The quantitative estimate of drug-likeness (QED) is 0.431. The molecule has 1 amide bonds. The van der Waals surface area contributed by atoms with Gasteiger partial charge in [0.25, 0.3) is 15.9 Å². The highest BCUT2D eigenvalue weighted by Crippen LogP contribution is 2.30. The summed E-state index contributed by atoms with van der Waals surface area (Å²) in [5, 5.41) is 13.6. The van der Waals surface area contributed by atoms with E-state index in [0.717, 1.165) is 17.5 Å². The molecule has 0 saturated carbocycles. The van der Waals surface area contributed by atoms with Crippen molar-refractivity contribution in [1.29, 1.82) is 0 Å². The number of aliphatic hydroxyl groups is 1. The third kappa shape index (κ3) is 7.19. The summed E-state index contributed by atoms with van der Waals surface area (Å²) in [5.74, 6) is -0.579. The number of carbonyl (C=O) groups is 1. The van der Waals surface area contributed by atoms with Crippen molar-refractivity contribution in [3.8, 4) is 0 Å². The minimum Gasteiger partial charge on any atom is -0.387 e. The van der Waals surface area contributed by atoms with Crippen LogP contribution in [-0.2, 0) is 16.2 Å². The molecule has 0 fully saturated rings. The first kappa shape index (κ1) is 25.0. The molecule has 34 heavy (non-hydrogen) atoms. The van der Waals surface area contributed by atoms with Gasteiger partial charge < -0.3 is 10.4 Å². The van der Waals surface area contributed by atoms with Gasteiger partial charge in [0.05, 0.1) is 17.1 Å². The maximum atomic E-state index is 12.8. The first-order valence-corrected chi connectivity index (χ1v) is 11.6. The highest BCUT2D eigenvalue weighted by Gasteiger charge is 2.30. The summed E-state index contributed by atoms with van der Waals surface area (Å²) in [6.45, 7) is -0.307. The number of sulfonamides is 1. The predicted octanol–water partition coefficient (Wildman–Crippen LogP) is 4.58. The van der Waals surface area contributed by atoms with Gasteiger partial charge in [0.15, 0.2) is 0 Å². The van der Waals surface area contributed by atoms with E-state index in [4.69, 9.17) is 0 Å². The normalized spacial score (nSPS) is 12.9. The summed E-state index contributed by atoms with van der Waals surface area (Å²) in [4.78, 5) is 12.3. The lowest BCUT2D eigenvalue weighted by atomic mass is 10.1. The Morgan fingerprint density at radius 2 is 1.65 bits per heavy atom. The molecule has 3 N–H and O–H groups in total. The zero-order valence-corrected chi connectivity index (χ0v) is 18.5. The van der Waals surface area contributed by atoms with E-state index in [1.54, 1.807) is 24.3 Å². The minimum absolute atomic E-state index is 0.0171. The SMILES string of the molecule is O=C(NCC(O)c1cccc(C(F)(F)F)c1)c1ccc(NS(=O)(=O)C=Cc2ccccc2)cc1. The fourth-order valence-electron chi connectivity index (χ4n) is 2.95. The molecule has 0 radical (unpaired) electrons. The topological polar surface area (TPSA) is 95.5 Å². The zero-order chi connectivity index (χ0) is 24.8. The summed E-state index contributed by atoms with van der Waals surface area (Å²) in [6, 6.07) is 18.7. The lowest BCUT2D eigenvalue weighted by Crippen LogP contribution is -2.28. The van der Waals surface area contributed by atoms with Gasteiger partial charge in [-0.25, -0.2) is 8.42 Å². The number of rotatable bonds is 8. The Kier molecular flexibility index (Phi) is 7.75. The van der Waals surface area contributed by atoms with Crippen molar-refractivity contribution >= 4 is 27.7 Å². The molecular weight excluding hydrogens is 469 g/mol. The van der Waals surface area contributed by atoms with E-state index in [9.17, 15) is 31.5 Å². The van der Waals surface area contributed by atoms with Crippen molar-refractivity contribution in [2.75, 3.05) is 11.3 Å². The van der Waals surface area contributed by atoms with Crippen LogP contribution < -0.4 is 10.0 Å². The number of halogens is 3. The van der Waals surface area contributed by atoms with Crippen LogP contribution in [0.25, 0.3) is 6.08 Å². The molecule has 0 aliphatic carbocycles. The smallest absolute Gasteiger partial charge is 0.387 e. The molecule has 0 aliphatic heterocycles. The number of anilines is 1. The van der Waals surface area contributed by atoms with E-state index in [1.807, 2.05) is 6.07 Å². The van der Waals surface area contributed by atoms with E-state index in [0.29, 0.717) is 5.56 Å². The number of carbonyl (C=O) groups excluding carboxylic acids is 1. The van der Waals surface area contributed by atoms with Crippen molar-refractivity contribution < 1.29 is 31.5 Å². The monoisotopic (exact) mass is 490 g/mol. The van der Waals surface area contributed by atoms with Crippen molar-refractivity contribution in [3.63, 3.8) is 0 Å². The Morgan fingerprint density at radius 3 is 2.29 bits per heavy atom. The molecule has 3 aromatic rings. The molecule has 0 aromatic heterocycles. The summed E-state index contributed by atoms with van der Waals surface area (Å²) < 4.78 is 65.3. The van der Waals surface area contributed by atoms with E-state index < -0.39 is 33.8 Å². The highest BCUT2D eigenvalue weighted by molar-refractivity contribution is 7.95. The van der Waals surface area contributed by atoms with E-state index in [2.05, 4.69) is 10.0 Å². The van der Waals surface area contributed by atoms with Gasteiger partial charge in [-0.3, -0.25) is 9.52 Å². The van der Waals surface area contributed by atoms with E-state index in [1.165, 1.54) is 42.5 Å². The second-order valence-electron chi connectivity index (χ2n) is 7.29. The standard InChI is InChI=1S/C24H21F3N2O4S/c25-24(26,27)20-8-4-7-19(15-20)22(30)16-28-23(31)18-9-11-21(12-10-18)29-34(32,33)14-13-17-5-2-1-3-6-17/h1-15,22,29-30H,16H2,(H,28,31). The molecular formula is C24H21F3N2O4S. The summed E-state index contributed by atoms with van der Waals surface area (Å²) in [6.07, 6.45) is -4.44. The third-order valence-electron chi connectivity index (χ3n) is 4.70. The van der Waals surface area contributed by atoms with Crippen molar-refractivity contribution in [2.45, 2.75) is 12.3 Å². The van der Waals surface area contributed by atoms with Gasteiger partial charge in [0.2, 0.25) is 0 Å². The van der Waals surface area contributed by atoms with Gasteiger partial charge in [-0.2, -0.15) is 13.2 Å². The lowest BCUT2D eigenvalue weighted by Gasteiger charge is -2.14. The minimum atomic E-state index is -4.54. The van der Waals surface area contributed by atoms with Crippen LogP contribution in [0.1, 0.15) is 33.2 Å². The van der Waals surface area contributed by atoms with Crippen LogP contribution in [0.2, 0.25) is 0 Å². The number of benzene rings is 3. The lowest BCUT2D eigenvalue weighted by molar-refractivity contribution is -0.137. The van der Waals surface area contributed by atoms with Crippen LogP contribution in [0.5, 0.6) is 0 Å². The van der Waals surface area contributed by atoms with E-state index in [-0.39, 0.29) is 23.4 Å². The zero-order valence-electron chi connectivity index (χ0n) is 17.7. The number of alkyl halides is 3.